The van der Waals surface area contributed by atoms with Crippen molar-refractivity contribution in [2.24, 2.45) is 0 Å². The lowest BCUT2D eigenvalue weighted by Crippen LogP contribution is -2.16. The minimum absolute atomic E-state index is 0.195. The van der Waals surface area contributed by atoms with Crippen molar-refractivity contribution in [3.63, 3.8) is 0 Å². The maximum absolute atomic E-state index is 12.2. The molecule has 0 amide bonds. The van der Waals surface area contributed by atoms with Crippen LogP contribution < -0.4 is 11.0 Å². The van der Waals surface area contributed by atoms with Gasteiger partial charge in [0, 0.05) is 18.0 Å². The second kappa shape index (κ2) is 5.29. The Balaban J connectivity index is 1.75. The number of benzene rings is 1. The third kappa shape index (κ3) is 2.26. The van der Waals surface area contributed by atoms with Gasteiger partial charge in [-0.2, -0.15) is 16.4 Å². The summed E-state index contributed by atoms with van der Waals surface area (Å²) in [6.07, 6.45) is 2.51. The number of nitrogens with one attached hydrogen (secondary N) is 2. The molecule has 0 aliphatic heterocycles. The van der Waals surface area contributed by atoms with Gasteiger partial charge in [0.2, 0.25) is 0 Å². The van der Waals surface area contributed by atoms with E-state index in [1.165, 1.54) is 24.0 Å². The first-order valence-electron chi connectivity index (χ1n) is 8.08. The van der Waals surface area contributed by atoms with Crippen molar-refractivity contribution in [3.05, 3.63) is 57.1 Å². The highest BCUT2D eigenvalue weighted by Gasteiger charge is 2.21. The molecule has 5 nitrogen and oxygen atoms in total. The van der Waals surface area contributed by atoms with E-state index in [1.54, 1.807) is 15.7 Å². The van der Waals surface area contributed by atoms with Crippen molar-refractivity contribution in [2.45, 2.75) is 25.4 Å². The topological polar surface area (TPSA) is 62.2 Å². The average Bonchev–Trinajstić information content (AvgIpc) is 3.12. The Kier molecular flexibility index (Phi) is 3.08. The Bertz CT molecular complexity index is 1090. The highest BCUT2D eigenvalue weighted by Crippen LogP contribution is 2.29. The molecule has 1 aliphatic rings. The van der Waals surface area contributed by atoms with Crippen LogP contribution in [0.5, 0.6) is 0 Å². The number of hydrogen-bond acceptors (Lipinski definition) is 4. The molecule has 0 saturated heterocycles. The van der Waals surface area contributed by atoms with E-state index in [9.17, 15) is 4.79 Å². The Morgan fingerprint density at radius 2 is 2.17 bits per heavy atom. The van der Waals surface area contributed by atoms with Crippen LogP contribution in [-0.2, 0) is 6.54 Å². The average molecular weight is 336 g/mol. The summed E-state index contributed by atoms with van der Waals surface area (Å²) in [5.74, 6) is 0. The minimum atomic E-state index is -0.195. The van der Waals surface area contributed by atoms with Crippen LogP contribution >= 0.6 is 11.3 Å². The molecular weight excluding hydrogens is 320 g/mol. The second-order valence-corrected chi connectivity index (χ2v) is 7.07. The summed E-state index contributed by atoms with van der Waals surface area (Å²) in [4.78, 5) is 12.2. The van der Waals surface area contributed by atoms with Crippen LogP contribution in [0.2, 0.25) is 0 Å². The molecule has 3 aromatic heterocycles. The smallest absolute Gasteiger partial charge is 0.310 e. The fourth-order valence-electron chi connectivity index (χ4n) is 3.16. The van der Waals surface area contributed by atoms with Crippen molar-refractivity contribution < 1.29 is 0 Å². The number of aromatic nitrogens is 3. The zero-order chi connectivity index (χ0) is 16.1. The molecule has 24 heavy (non-hydrogen) atoms. The minimum Gasteiger partial charge on any atom is -0.310 e. The van der Waals surface area contributed by atoms with Gasteiger partial charge in [-0.15, -0.1) is 0 Å². The van der Waals surface area contributed by atoms with Gasteiger partial charge in [0.05, 0.1) is 5.52 Å². The number of hydrogen-bond donors (Lipinski definition) is 2. The first kappa shape index (κ1) is 13.9. The highest BCUT2D eigenvalue weighted by atomic mass is 32.1. The second-order valence-electron chi connectivity index (χ2n) is 6.29. The number of thiophene rings is 1. The lowest BCUT2D eigenvalue weighted by Gasteiger charge is -2.10. The van der Waals surface area contributed by atoms with Crippen molar-refractivity contribution in [1.82, 2.24) is 19.9 Å². The van der Waals surface area contributed by atoms with E-state index < -0.39 is 0 Å². The van der Waals surface area contributed by atoms with Gasteiger partial charge in [-0.25, -0.2) is 14.3 Å². The molecule has 0 bridgehead atoms. The Labute approximate surface area is 142 Å². The summed E-state index contributed by atoms with van der Waals surface area (Å²) in [7, 11) is 0. The molecule has 120 valence electrons. The molecular formula is C18H16N4OS. The number of rotatable bonds is 4. The number of pyridine rings is 1. The van der Waals surface area contributed by atoms with Crippen molar-refractivity contribution in [1.29, 1.82) is 0 Å². The molecule has 4 aromatic rings. The van der Waals surface area contributed by atoms with Gasteiger partial charge in [0.25, 0.3) is 0 Å². The van der Waals surface area contributed by atoms with E-state index in [0.29, 0.717) is 11.7 Å². The number of fused-ring (bicyclic) bond motifs is 3. The van der Waals surface area contributed by atoms with Crippen molar-refractivity contribution >= 4 is 27.9 Å². The summed E-state index contributed by atoms with van der Waals surface area (Å²) in [6, 6.07) is 11.1. The van der Waals surface area contributed by atoms with Crippen LogP contribution in [-0.4, -0.2) is 20.6 Å². The molecule has 0 spiro atoms. The van der Waals surface area contributed by atoms with Crippen LogP contribution in [0.3, 0.4) is 0 Å². The predicted octanol–water partition coefficient (Wildman–Crippen LogP) is 3.16. The molecule has 1 aromatic carbocycles. The van der Waals surface area contributed by atoms with Gasteiger partial charge in [0.15, 0.2) is 5.65 Å². The summed E-state index contributed by atoms with van der Waals surface area (Å²) >= 11 is 1.67. The van der Waals surface area contributed by atoms with Gasteiger partial charge in [-0.3, -0.25) is 0 Å². The van der Waals surface area contributed by atoms with E-state index in [-0.39, 0.29) is 5.69 Å². The first-order chi connectivity index (χ1) is 11.8. The Morgan fingerprint density at radius 1 is 1.25 bits per heavy atom. The van der Waals surface area contributed by atoms with Gasteiger partial charge in [-0.05, 0) is 58.5 Å². The Morgan fingerprint density at radius 3 is 2.96 bits per heavy atom. The lowest BCUT2D eigenvalue weighted by atomic mass is 10.0. The normalized spacial score (nSPS) is 14.7. The molecule has 2 N–H and O–H groups in total. The molecule has 0 unspecified atom stereocenters. The molecule has 5 rings (SSSR count). The standard InChI is InChI=1S/C18H16N4OS/c23-18-21-20-17-8-13(9-19-14-2-3-14)15-4-1-11(7-16(15)22(17)18)12-5-6-24-10-12/h1,4-8,10,14,19H,2-3,9H2,(H,21,23). The van der Waals surface area contributed by atoms with E-state index in [1.807, 2.05) is 6.07 Å². The van der Waals surface area contributed by atoms with E-state index in [2.05, 4.69) is 50.5 Å². The van der Waals surface area contributed by atoms with E-state index >= 15 is 0 Å². The molecule has 3 heterocycles. The van der Waals surface area contributed by atoms with Crippen LogP contribution in [0.4, 0.5) is 0 Å². The predicted molar refractivity (Wildman–Crippen MR) is 96.5 cm³/mol. The van der Waals surface area contributed by atoms with Crippen LogP contribution in [0, 0.1) is 0 Å². The largest absolute Gasteiger partial charge is 0.348 e. The maximum Gasteiger partial charge on any atom is 0.348 e. The number of nitrogens with zero attached hydrogens (tertiary/aromatic N) is 2. The lowest BCUT2D eigenvalue weighted by molar-refractivity contribution is 0.691. The maximum atomic E-state index is 12.2. The van der Waals surface area contributed by atoms with Gasteiger partial charge in [0.1, 0.15) is 0 Å². The monoisotopic (exact) mass is 336 g/mol. The molecule has 0 radical (unpaired) electrons. The summed E-state index contributed by atoms with van der Waals surface area (Å²) in [5, 5.41) is 15.6. The molecule has 1 aliphatic carbocycles. The zero-order valence-corrected chi connectivity index (χ0v) is 13.8. The highest BCUT2D eigenvalue weighted by molar-refractivity contribution is 7.08. The quantitative estimate of drug-likeness (QED) is 0.602. The third-order valence-corrected chi connectivity index (χ3v) is 5.28. The third-order valence-electron chi connectivity index (χ3n) is 4.60. The fourth-order valence-corrected chi connectivity index (χ4v) is 3.82. The zero-order valence-electron chi connectivity index (χ0n) is 13.0. The fraction of sp³-hybridized carbons (Fsp3) is 0.222. The van der Waals surface area contributed by atoms with E-state index in [0.717, 1.165) is 23.0 Å². The van der Waals surface area contributed by atoms with E-state index in [4.69, 9.17) is 0 Å². The SMILES string of the molecule is O=c1[nH]nc2cc(CNC3CC3)c3ccc(-c4ccsc4)cc3n12. The van der Waals surface area contributed by atoms with Crippen molar-refractivity contribution in [2.75, 3.05) is 0 Å². The van der Waals surface area contributed by atoms with Gasteiger partial charge in [-0.1, -0.05) is 12.1 Å². The molecule has 1 fully saturated rings. The number of aromatic amines is 1. The van der Waals surface area contributed by atoms with Crippen LogP contribution in [0.1, 0.15) is 18.4 Å². The van der Waals surface area contributed by atoms with Crippen LogP contribution in [0.25, 0.3) is 27.7 Å². The summed E-state index contributed by atoms with van der Waals surface area (Å²) in [6.45, 7) is 0.802. The summed E-state index contributed by atoms with van der Waals surface area (Å²) < 4.78 is 1.66. The summed E-state index contributed by atoms with van der Waals surface area (Å²) in [5.41, 5.74) is 4.85. The molecule has 6 heteroatoms. The van der Waals surface area contributed by atoms with Crippen molar-refractivity contribution in [3.8, 4) is 11.1 Å². The first-order valence-corrected chi connectivity index (χ1v) is 9.02. The van der Waals surface area contributed by atoms with Gasteiger partial charge >= 0.3 is 5.69 Å². The van der Waals surface area contributed by atoms with Crippen LogP contribution in [0.15, 0.2) is 45.9 Å². The molecule has 1 saturated carbocycles. The van der Waals surface area contributed by atoms with Gasteiger partial charge < -0.3 is 5.32 Å². The number of H-pyrrole nitrogens is 1. The Hall–Kier alpha value is -2.44. The molecule has 0 atom stereocenters.